The maximum atomic E-state index is 2.26. The van der Waals surface area contributed by atoms with Crippen molar-refractivity contribution in [3.8, 4) is 0 Å². The van der Waals surface area contributed by atoms with Crippen LogP contribution in [-0.4, -0.2) is 17.3 Å². The van der Waals surface area contributed by atoms with Gasteiger partial charge in [-0.15, -0.1) is 0 Å². The number of hydrogen-bond donors (Lipinski definition) is 0. The van der Waals surface area contributed by atoms with E-state index in [1.165, 1.54) is 45.1 Å². The average molecular weight is 196 g/mol. The minimum Gasteiger partial charge on any atom is -0.210 e. The lowest BCUT2D eigenvalue weighted by molar-refractivity contribution is -0.453. The molecule has 14 heavy (non-hydrogen) atoms. The zero-order chi connectivity index (χ0) is 10.6. The van der Waals surface area contributed by atoms with Crippen LogP contribution in [0, 0.1) is 0 Å². The number of nitrogens with zero attached hydrogens (tertiary/aromatic N) is 1. The Labute approximate surface area is 89.5 Å². The molecule has 0 aromatic rings. The van der Waals surface area contributed by atoms with Crippen LogP contribution >= 0.6 is 0 Å². The normalized spacial score (nSPS) is 12.6. The van der Waals surface area contributed by atoms with E-state index < -0.39 is 0 Å². The fourth-order valence-corrected chi connectivity index (χ4v) is 1.56. The van der Waals surface area contributed by atoms with Crippen LogP contribution in [0.5, 0.6) is 0 Å². The molecule has 1 nitrogen and oxygen atoms in total. The summed E-state index contributed by atoms with van der Waals surface area (Å²) in [7, 11) is 0. The van der Waals surface area contributed by atoms with Crippen LogP contribution in [0.3, 0.4) is 0 Å². The summed E-state index contributed by atoms with van der Waals surface area (Å²) in [4.78, 5) is 0. The second-order valence-electron chi connectivity index (χ2n) is 3.75. The SMILES string of the molecule is CC=[N+](/C=C\C)CCCCCCCC. The first-order valence-corrected chi connectivity index (χ1v) is 6.03. The molecule has 0 fully saturated rings. The summed E-state index contributed by atoms with van der Waals surface area (Å²) < 4.78 is 2.26. The van der Waals surface area contributed by atoms with Gasteiger partial charge in [-0.1, -0.05) is 32.6 Å². The minimum absolute atomic E-state index is 1.17. The number of allylic oxidation sites excluding steroid dienone is 1. The van der Waals surface area contributed by atoms with Crippen molar-refractivity contribution in [3.05, 3.63) is 12.3 Å². The molecule has 0 aromatic heterocycles. The molecule has 0 atom stereocenters. The van der Waals surface area contributed by atoms with Crippen molar-refractivity contribution in [2.75, 3.05) is 6.54 Å². The monoisotopic (exact) mass is 196 g/mol. The summed E-state index contributed by atoms with van der Waals surface area (Å²) in [6, 6.07) is 0. The summed E-state index contributed by atoms with van der Waals surface area (Å²) in [5.41, 5.74) is 0. The Hall–Kier alpha value is -0.590. The Morgan fingerprint density at radius 1 is 0.929 bits per heavy atom. The largest absolute Gasteiger partial charge is 0.210 e. The second kappa shape index (κ2) is 10.5. The van der Waals surface area contributed by atoms with Gasteiger partial charge in [-0.3, -0.25) is 0 Å². The van der Waals surface area contributed by atoms with Crippen molar-refractivity contribution in [1.82, 2.24) is 0 Å². The molecule has 1 heteroatoms. The Balaban J connectivity index is 3.34. The number of hydrogen-bond acceptors (Lipinski definition) is 0. The van der Waals surface area contributed by atoms with Gasteiger partial charge < -0.3 is 0 Å². The van der Waals surface area contributed by atoms with Crippen LogP contribution in [0.1, 0.15) is 59.3 Å². The molecule has 0 unspecified atom stereocenters. The van der Waals surface area contributed by atoms with Gasteiger partial charge in [0, 0.05) is 13.3 Å². The molecular weight excluding hydrogens is 170 g/mol. The van der Waals surface area contributed by atoms with Gasteiger partial charge in [0.25, 0.3) is 0 Å². The summed E-state index contributed by atoms with van der Waals surface area (Å²) in [6.45, 7) is 7.60. The van der Waals surface area contributed by atoms with E-state index in [9.17, 15) is 0 Å². The second-order valence-corrected chi connectivity index (χ2v) is 3.75. The number of rotatable bonds is 8. The molecule has 0 N–H and O–H groups in total. The van der Waals surface area contributed by atoms with Crippen molar-refractivity contribution in [1.29, 1.82) is 0 Å². The third-order valence-electron chi connectivity index (χ3n) is 2.44. The van der Waals surface area contributed by atoms with Crippen molar-refractivity contribution >= 4 is 6.21 Å². The molecule has 0 spiro atoms. The molecule has 0 amide bonds. The molecule has 0 aliphatic rings. The molecule has 0 heterocycles. The molecule has 0 saturated heterocycles. The Kier molecular flexibility index (Phi) is 10.0. The molecule has 0 bridgehead atoms. The van der Waals surface area contributed by atoms with E-state index in [0.717, 1.165) is 0 Å². The highest BCUT2D eigenvalue weighted by Crippen LogP contribution is 2.04. The van der Waals surface area contributed by atoms with Crippen molar-refractivity contribution in [2.45, 2.75) is 59.3 Å². The lowest BCUT2D eigenvalue weighted by Crippen LogP contribution is -2.06. The molecule has 0 aromatic carbocycles. The molecule has 0 aliphatic carbocycles. The van der Waals surface area contributed by atoms with Gasteiger partial charge >= 0.3 is 0 Å². The fraction of sp³-hybridized carbons (Fsp3) is 0.769. The van der Waals surface area contributed by atoms with Crippen LogP contribution < -0.4 is 0 Å². The van der Waals surface area contributed by atoms with Gasteiger partial charge in [0.05, 0.1) is 0 Å². The van der Waals surface area contributed by atoms with Crippen LogP contribution in [0.4, 0.5) is 0 Å². The summed E-state index contributed by atoms with van der Waals surface area (Å²) in [5, 5.41) is 0. The molecule has 0 saturated carbocycles. The van der Waals surface area contributed by atoms with Gasteiger partial charge in [-0.25, -0.2) is 4.58 Å². The first-order valence-electron chi connectivity index (χ1n) is 6.03. The minimum atomic E-state index is 1.17. The first kappa shape index (κ1) is 13.4. The topological polar surface area (TPSA) is 3.01 Å². The predicted molar refractivity (Wildman–Crippen MR) is 65.1 cm³/mol. The smallest absolute Gasteiger partial charge is 0.164 e. The van der Waals surface area contributed by atoms with Gasteiger partial charge in [0.1, 0.15) is 12.8 Å². The standard InChI is InChI=1S/C13H26N/c1-4-7-8-9-10-11-13-14(6-3)12-5-2/h5-6,12H,4,7-11,13H2,1-3H3/q+1/b12-5-,14-6?. The van der Waals surface area contributed by atoms with Crippen LogP contribution in [0.2, 0.25) is 0 Å². The Morgan fingerprint density at radius 2 is 1.57 bits per heavy atom. The molecule has 0 aliphatic heterocycles. The number of unbranched alkanes of at least 4 members (excludes halogenated alkanes) is 5. The average Bonchev–Trinajstić information content (AvgIpc) is 2.21. The van der Waals surface area contributed by atoms with Crippen LogP contribution in [0.25, 0.3) is 0 Å². The fourth-order valence-electron chi connectivity index (χ4n) is 1.56. The highest BCUT2D eigenvalue weighted by Gasteiger charge is 1.97. The van der Waals surface area contributed by atoms with Crippen molar-refractivity contribution in [3.63, 3.8) is 0 Å². The van der Waals surface area contributed by atoms with Crippen LogP contribution in [-0.2, 0) is 0 Å². The third kappa shape index (κ3) is 8.03. The Morgan fingerprint density at radius 3 is 2.14 bits per heavy atom. The van der Waals surface area contributed by atoms with E-state index in [-0.39, 0.29) is 0 Å². The predicted octanol–water partition coefficient (Wildman–Crippen LogP) is 3.98. The van der Waals surface area contributed by atoms with E-state index in [0.29, 0.717) is 0 Å². The quantitative estimate of drug-likeness (QED) is 0.314. The Bertz CT molecular complexity index is 168. The zero-order valence-corrected chi connectivity index (χ0v) is 10.1. The third-order valence-corrected chi connectivity index (χ3v) is 2.44. The van der Waals surface area contributed by atoms with Crippen molar-refractivity contribution in [2.24, 2.45) is 0 Å². The lowest BCUT2D eigenvalue weighted by Gasteiger charge is -1.98. The van der Waals surface area contributed by atoms with E-state index >= 15 is 0 Å². The summed E-state index contributed by atoms with van der Waals surface area (Å²) >= 11 is 0. The van der Waals surface area contributed by atoms with E-state index in [1.54, 1.807) is 0 Å². The van der Waals surface area contributed by atoms with E-state index in [4.69, 9.17) is 0 Å². The van der Waals surface area contributed by atoms with E-state index in [2.05, 4.69) is 43.8 Å². The van der Waals surface area contributed by atoms with Gasteiger partial charge in [-0.2, -0.15) is 0 Å². The van der Waals surface area contributed by atoms with Gasteiger partial charge in [-0.05, 0) is 19.4 Å². The van der Waals surface area contributed by atoms with Gasteiger partial charge in [0.2, 0.25) is 0 Å². The van der Waals surface area contributed by atoms with Gasteiger partial charge in [0.15, 0.2) is 6.20 Å². The summed E-state index contributed by atoms with van der Waals surface area (Å²) in [5.74, 6) is 0. The molecule has 82 valence electrons. The molecule has 0 radical (unpaired) electrons. The zero-order valence-electron chi connectivity index (χ0n) is 10.1. The summed E-state index contributed by atoms with van der Waals surface area (Å²) in [6.07, 6.45) is 14.6. The van der Waals surface area contributed by atoms with E-state index in [1.807, 2.05) is 0 Å². The lowest BCUT2D eigenvalue weighted by atomic mass is 10.1. The highest BCUT2D eigenvalue weighted by molar-refractivity contribution is 5.47. The maximum Gasteiger partial charge on any atom is 0.164 e. The highest BCUT2D eigenvalue weighted by atomic mass is 15.0. The first-order chi connectivity index (χ1) is 6.85. The van der Waals surface area contributed by atoms with Crippen molar-refractivity contribution < 1.29 is 4.58 Å². The molecule has 0 rings (SSSR count). The maximum absolute atomic E-state index is 2.26. The van der Waals surface area contributed by atoms with Crippen LogP contribution in [0.15, 0.2) is 12.3 Å². The molecular formula is C13H26N+.